The van der Waals surface area contributed by atoms with Crippen LogP contribution in [0.5, 0.6) is 0 Å². The maximum Gasteiger partial charge on any atom is 0.326 e. The fourth-order valence-electron chi connectivity index (χ4n) is 2.28. The molecule has 8 amide bonds. The molecule has 2 aliphatic heterocycles. The highest BCUT2D eigenvalue weighted by Crippen LogP contribution is 2.01. The summed E-state index contributed by atoms with van der Waals surface area (Å²) in [6, 6.07) is -3.41. The Morgan fingerprint density at radius 1 is 1.06 bits per heavy atom. The van der Waals surface area contributed by atoms with Crippen molar-refractivity contribution in [1.29, 1.82) is 0 Å². The monoisotopic (exact) mass is 510 g/mol. The molecular formula is C16H27BrN6O8. The van der Waals surface area contributed by atoms with Crippen molar-refractivity contribution in [2.24, 2.45) is 5.73 Å². The number of aliphatic hydroxyl groups excluding tert-OH is 1. The number of rotatable bonds is 8. The maximum absolute atomic E-state index is 10.8. The second-order valence-electron chi connectivity index (χ2n) is 6.21. The number of halogens is 1. The lowest BCUT2D eigenvalue weighted by Gasteiger charge is -2.09. The van der Waals surface area contributed by atoms with E-state index in [1.807, 2.05) is 12.2 Å². The van der Waals surface area contributed by atoms with Crippen molar-refractivity contribution in [2.45, 2.75) is 50.7 Å². The molecule has 0 aromatic heterocycles. The molecule has 3 atom stereocenters. The molecule has 0 spiro atoms. The van der Waals surface area contributed by atoms with Crippen molar-refractivity contribution < 1.29 is 39.0 Å². The first kappa shape index (κ1) is 28.1. The summed E-state index contributed by atoms with van der Waals surface area (Å²) in [5.41, 5.74) is 4.67. The number of aliphatic hydroxyl groups is 1. The van der Waals surface area contributed by atoms with Gasteiger partial charge in [0, 0.05) is 18.4 Å². The molecule has 0 radical (unpaired) electrons. The zero-order chi connectivity index (χ0) is 24.0. The average molecular weight is 511 g/mol. The van der Waals surface area contributed by atoms with Gasteiger partial charge in [-0.15, -0.1) is 0 Å². The summed E-state index contributed by atoms with van der Waals surface area (Å²) >= 11 is 3.18. The minimum atomic E-state index is -1.21. The van der Waals surface area contributed by atoms with Crippen LogP contribution in [0, 0.1) is 0 Å². The first-order valence-electron chi connectivity index (χ1n) is 9.23. The molecule has 0 aromatic carbocycles. The molecule has 14 nitrogen and oxygen atoms in total. The Morgan fingerprint density at radius 3 is 1.84 bits per heavy atom. The summed E-state index contributed by atoms with van der Waals surface area (Å²) in [5, 5.41) is 28.7. The van der Waals surface area contributed by atoms with E-state index in [0.717, 1.165) is 12.8 Å². The number of primary amides is 1. The van der Waals surface area contributed by atoms with E-state index in [0.29, 0.717) is 11.8 Å². The van der Waals surface area contributed by atoms with Crippen LogP contribution in [-0.4, -0.2) is 76.2 Å². The summed E-state index contributed by atoms with van der Waals surface area (Å²) in [4.78, 5) is 62.9. The summed E-state index contributed by atoms with van der Waals surface area (Å²) in [6.45, 7) is 1.66. The maximum atomic E-state index is 10.8. The van der Waals surface area contributed by atoms with Crippen molar-refractivity contribution in [3.8, 4) is 0 Å². The Kier molecular flexibility index (Phi) is 13.5. The number of alkyl halides is 1. The number of carbonyl (C=O) groups excluding carboxylic acids is 5. The fourth-order valence-corrected chi connectivity index (χ4v) is 2.74. The second kappa shape index (κ2) is 15.0. The van der Waals surface area contributed by atoms with E-state index in [1.54, 1.807) is 0 Å². The number of aliphatic carboxylic acids is 1. The molecule has 3 unspecified atom stereocenters. The normalized spacial score (nSPS) is 20.0. The molecule has 0 aliphatic carbocycles. The number of nitrogens with one attached hydrogen (secondary N) is 5. The number of carboxylic acid groups (broad SMARTS) is 1. The predicted octanol–water partition coefficient (Wildman–Crippen LogP) is -1.54. The topological polar surface area (TPSA) is 229 Å². The van der Waals surface area contributed by atoms with Gasteiger partial charge in [-0.3, -0.25) is 20.2 Å². The van der Waals surface area contributed by atoms with Gasteiger partial charge in [0.25, 0.3) is 11.8 Å². The van der Waals surface area contributed by atoms with Crippen LogP contribution in [0.3, 0.4) is 0 Å². The highest BCUT2D eigenvalue weighted by atomic mass is 79.9. The molecule has 176 valence electrons. The molecule has 2 aliphatic rings. The Labute approximate surface area is 186 Å². The predicted molar refractivity (Wildman–Crippen MR) is 110 cm³/mol. The molecule has 9 N–H and O–H groups in total. The molecule has 2 rings (SSSR count). The smallest absolute Gasteiger partial charge is 0.326 e. The number of imide groups is 2. The van der Waals surface area contributed by atoms with E-state index in [1.165, 1.54) is 0 Å². The number of carbonyl (C=O) groups is 6. The first-order valence-corrected chi connectivity index (χ1v) is 10.4. The lowest BCUT2D eigenvalue weighted by atomic mass is 10.2. The number of amides is 8. The molecule has 2 saturated heterocycles. The quantitative estimate of drug-likeness (QED) is 0.140. The van der Waals surface area contributed by atoms with Gasteiger partial charge in [0.05, 0.1) is 0 Å². The van der Waals surface area contributed by atoms with Gasteiger partial charge in [0.15, 0.2) is 0 Å². The van der Waals surface area contributed by atoms with Crippen LogP contribution in [0.4, 0.5) is 14.4 Å². The zero-order valence-electron chi connectivity index (χ0n) is 16.8. The van der Waals surface area contributed by atoms with E-state index in [4.69, 9.17) is 10.2 Å². The van der Waals surface area contributed by atoms with Gasteiger partial charge in [-0.1, -0.05) is 29.3 Å². The van der Waals surface area contributed by atoms with Crippen molar-refractivity contribution in [1.82, 2.24) is 26.6 Å². The Balaban J connectivity index is 0.000000436. The van der Waals surface area contributed by atoms with Crippen LogP contribution < -0.4 is 32.3 Å². The third-order valence-corrected chi connectivity index (χ3v) is 4.18. The molecule has 2 heterocycles. The van der Waals surface area contributed by atoms with Crippen molar-refractivity contribution >= 4 is 51.8 Å². The number of urea groups is 3. The Morgan fingerprint density at radius 2 is 1.55 bits per heavy atom. The highest BCUT2D eigenvalue weighted by molar-refractivity contribution is 9.09. The SMILES string of the molecule is CCCC1NC(=O)NC1=O.NC(=O)NC(CCO)C(=O)O.O=C1NC(=O)C(CCBr)N1. The number of hydrogen-bond donors (Lipinski definition) is 8. The van der Waals surface area contributed by atoms with Gasteiger partial charge < -0.3 is 31.9 Å². The summed E-state index contributed by atoms with van der Waals surface area (Å²) in [7, 11) is 0. The molecule has 2 fully saturated rings. The first-order chi connectivity index (χ1) is 14.5. The van der Waals surface area contributed by atoms with Crippen LogP contribution in [0.2, 0.25) is 0 Å². The van der Waals surface area contributed by atoms with Gasteiger partial charge in [0.2, 0.25) is 0 Å². The van der Waals surface area contributed by atoms with Gasteiger partial charge in [0.1, 0.15) is 18.1 Å². The average Bonchev–Trinajstić information content (AvgIpc) is 3.15. The molecule has 0 bridgehead atoms. The second-order valence-corrected chi connectivity index (χ2v) is 7.00. The third-order valence-electron chi connectivity index (χ3n) is 3.72. The van der Waals surface area contributed by atoms with Gasteiger partial charge in [-0.25, -0.2) is 19.2 Å². The zero-order valence-corrected chi connectivity index (χ0v) is 18.4. The summed E-state index contributed by atoms with van der Waals surface area (Å²) < 4.78 is 0. The Hall–Kier alpha value is -2.94. The summed E-state index contributed by atoms with van der Waals surface area (Å²) in [6.07, 6.45) is 2.21. The van der Waals surface area contributed by atoms with Crippen molar-refractivity contribution in [2.75, 3.05) is 11.9 Å². The van der Waals surface area contributed by atoms with Gasteiger partial charge in [-0.2, -0.15) is 0 Å². The molecule has 31 heavy (non-hydrogen) atoms. The lowest BCUT2D eigenvalue weighted by molar-refractivity contribution is -0.139. The van der Waals surface area contributed by atoms with Crippen LogP contribution in [-0.2, 0) is 14.4 Å². The Bertz CT molecular complexity index is 638. The third kappa shape index (κ3) is 11.7. The van der Waals surface area contributed by atoms with Crippen LogP contribution in [0.15, 0.2) is 0 Å². The molecule has 15 heteroatoms. The molecule has 0 aromatic rings. The number of hydrogen-bond acceptors (Lipinski definition) is 7. The van der Waals surface area contributed by atoms with Crippen LogP contribution in [0.1, 0.15) is 32.6 Å². The van der Waals surface area contributed by atoms with Gasteiger partial charge in [-0.05, 0) is 12.8 Å². The fraction of sp³-hybridized carbons (Fsp3) is 0.625. The largest absolute Gasteiger partial charge is 0.480 e. The number of carboxylic acids is 1. The van der Waals surface area contributed by atoms with E-state index < -0.39 is 24.1 Å². The van der Waals surface area contributed by atoms with Gasteiger partial charge >= 0.3 is 24.1 Å². The van der Waals surface area contributed by atoms with E-state index in [2.05, 4.69) is 42.9 Å². The summed E-state index contributed by atoms with van der Waals surface area (Å²) in [5.74, 6) is -1.64. The van der Waals surface area contributed by atoms with Crippen molar-refractivity contribution in [3.63, 3.8) is 0 Å². The van der Waals surface area contributed by atoms with Crippen molar-refractivity contribution in [3.05, 3.63) is 0 Å². The van der Waals surface area contributed by atoms with E-state index in [9.17, 15) is 28.8 Å². The standard InChI is InChI=1S/C6H10N2O2.C5H7BrN2O2.C5H10N2O4/c1-2-3-4-5(9)8-6(10)7-4;6-2-1-3-4(9)8-5(10)7-3;6-5(11)7-3(1-2-8)4(9)10/h4H,2-3H2,1H3,(H2,7,8,9,10);3H,1-2H2,(H2,7,8,9,10);3,8H,1-2H2,(H,9,10)(H3,6,7,11). The lowest BCUT2D eigenvalue weighted by Crippen LogP contribution is -2.44. The van der Waals surface area contributed by atoms with Crippen LogP contribution in [0.25, 0.3) is 0 Å². The molecular weight excluding hydrogens is 484 g/mol. The molecule has 0 saturated carbocycles. The minimum Gasteiger partial charge on any atom is -0.480 e. The minimum absolute atomic E-state index is 0.0434. The van der Waals surface area contributed by atoms with Crippen LogP contribution >= 0.6 is 15.9 Å². The number of nitrogens with two attached hydrogens (primary N) is 1. The van der Waals surface area contributed by atoms with E-state index >= 15 is 0 Å². The van der Waals surface area contributed by atoms with E-state index in [-0.39, 0.29) is 43.0 Å². The highest BCUT2D eigenvalue weighted by Gasteiger charge is 2.28.